The van der Waals surface area contributed by atoms with Crippen molar-refractivity contribution in [2.45, 2.75) is 13.8 Å². The van der Waals surface area contributed by atoms with Gasteiger partial charge in [-0.3, -0.25) is 0 Å². The van der Waals surface area contributed by atoms with E-state index in [9.17, 15) is 0 Å². The number of aryl methyl sites for hydroxylation is 2. The standard InChI is InChI=1S/C17H15Cl2N5/c1-10-7-11(2)16(14(19)8-10)23-17-22-15(9-20-24-17)21-13-5-3-12(18)4-6-13/h3-9H,1-2H3,(H2,21,22,23,24). The molecule has 3 rings (SSSR count). The van der Waals surface area contributed by atoms with Gasteiger partial charge in [-0.05, 0) is 55.3 Å². The number of nitrogens with zero attached hydrogens (tertiary/aromatic N) is 3. The second-order valence-electron chi connectivity index (χ2n) is 5.36. The van der Waals surface area contributed by atoms with Crippen molar-refractivity contribution in [1.82, 2.24) is 15.2 Å². The van der Waals surface area contributed by atoms with E-state index in [0.29, 0.717) is 21.8 Å². The Bertz CT molecular complexity index is 842. The van der Waals surface area contributed by atoms with Crippen molar-refractivity contribution in [2.24, 2.45) is 0 Å². The average Bonchev–Trinajstić information content (AvgIpc) is 2.53. The van der Waals surface area contributed by atoms with Gasteiger partial charge in [0.2, 0.25) is 5.95 Å². The van der Waals surface area contributed by atoms with Gasteiger partial charge in [-0.15, -0.1) is 5.10 Å². The molecule has 2 N–H and O–H groups in total. The molecule has 1 heterocycles. The summed E-state index contributed by atoms with van der Waals surface area (Å²) in [5, 5.41) is 15.5. The molecule has 3 aromatic rings. The molecule has 0 aliphatic rings. The second kappa shape index (κ2) is 7.03. The fourth-order valence-electron chi connectivity index (χ4n) is 2.28. The van der Waals surface area contributed by atoms with Crippen LogP contribution in [0.2, 0.25) is 10.0 Å². The highest BCUT2D eigenvalue weighted by Gasteiger charge is 2.08. The molecule has 0 saturated carbocycles. The summed E-state index contributed by atoms with van der Waals surface area (Å²) in [7, 11) is 0. The SMILES string of the molecule is Cc1cc(C)c(Nc2nncc(Nc3ccc(Cl)cc3)n2)c(Cl)c1. The van der Waals surface area contributed by atoms with E-state index in [4.69, 9.17) is 23.2 Å². The quantitative estimate of drug-likeness (QED) is 0.663. The van der Waals surface area contributed by atoms with Gasteiger partial charge in [0.25, 0.3) is 0 Å². The van der Waals surface area contributed by atoms with Gasteiger partial charge in [0, 0.05) is 10.7 Å². The molecule has 5 nitrogen and oxygen atoms in total. The first-order valence-corrected chi connectivity index (χ1v) is 8.03. The highest BCUT2D eigenvalue weighted by Crippen LogP contribution is 2.29. The third-order valence-corrected chi connectivity index (χ3v) is 3.89. The lowest BCUT2D eigenvalue weighted by atomic mass is 10.1. The molecule has 0 unspecified atom stereocenters. The van der Waals surface area contributed by atoms with Crippen LogP contribution < -0.4 is 10.6 Å². The summed E-state index contributed by atoms with van der Waals surface area (Å²) in [4.78, 5) is 4.40. The van der Waals surface area contributed by atoms with Gasteiger partial charge >= 0.3 is 0 Å². The van der Waals surface area contributed by atoms with Crippen molar-refractivity contribution in [3.8, 4) is 0 Å². The molecule has 0 spiro atoms. The van der Waals surface area contributed by atoms with Gasteiger partial charge in [-0.25, -0.2) is 0 Å². The van der Waals surface area contributed by atoms with Gasteiger partial charge < -0.3 is 10.6 Å². The minimum absolute atomic E-state index is 0.364. The maximum Gasteiger partial charge on any atom is 0.249 e. The van der Waals surface area contributed by atoms with Gasteiger partial charge in [0.15, 0.2) is 5.82 Å². The van der Waals surface area contributed by atoms with Crippen LogP contribution in [0.5, 0.6) is 0 Å². The summed E-state index contributed by atoms with van der Waals surface area (Å²) in [5.41, 5.74) is 3.74. The second-order valence-corrected chi connectivity index (χ2v) is 6.20. The van der Waals surface area contributed by atoms with Crippen LogP contribution in [-0.2, 0) is 0 Å². The first-order valence-electron chi connectivity index (χ1n) is 7.27. The molecule has 0 atom stereocenters. The molecular weight excluding hydrogens is 345 g/mol. The van der Waals surface area contributed by atoms with Crippen LogP contribution >= 0.6 is 23.2 Å². The maximum atomic E-state index is 6.30. The Labute approximate surface area is 150 Å². The van der Waals surface area contributed by atoms with E-state index < -0.39 is 0 Å². The molecule has 0 radical (unpaired) electrons. The Hall–Kier alpha value is -2.37. The highest BCUT2D eigenvalue weighted by molar-refractivity contribution is 6.33. The molecule has 0 saturated heterocycles. The summed E-state index contributed by atoms with van der Waals surface area (Å²) in [6, 6.07) is 11.2. The smallest absolute Gasteiger partial charge is 0.249 e. The summed E-state index contributed by atoms with van der Waals surface area (Å²) in [5.74, 6) is 0.929. The topological polar surface area (TPSA) is 62.7 Å². The van der Waals surface area contributed by atoms with Crippen molar-refractivity contribution >= 4 is 46.3 Å². The van der Waals surface area contributed by atoms with E-state index in [2.05, 4.69) is 25.8 Å². The zero-order chi connectivity index (χ0) is 17.1. The Morgan fingerprint density at radius 2 is 1.71 bits per heavy atom. The Balaban J connectivity index is 1.82. The van der Waals surface area contributed by atoms with Crippen LogP contribution in [0.1, 0.15) is 11.1 Å². The first-order chi connectivity index (χ1) is 11.5. The summed E-state index contributed by atoms with van der Waals surface area (Å²) in [6.45, 7) is 3.97. The Kier molecular flexibility index (Phi) is 4.83. The molecule has 122 valence electrons. The molecule has 0 aliphatic heterocycles. The van der Waals surface area contributed by atoms with E-state index >= 15 is 0 Å². The van der Waals surface area contributed by atoms with Crippen LogP contribution in [0.25, 0.3) is 0 Å². The predicted molar refractivity (Wildman–Crippen MR) is 98.8 cm³/mol. The minimum atomic E-state index is 0.364. The van der Waals surface area contributed by atoms with E-state index in [1.54, 1.807) is 18.3 Å². The molecule has 1 aromatic heterocycles. The van der Waals surface area contributed by atoms with Crippen LogP contribution in [0.4, 0.5) is 23.1 Å². The largest absolute Gasteiger partial charge is 0.339 e. The van der Waals surface area contributed by atoms with Crippen LogP contribution in [0, 0.1) is 13.8 Å². The van der Waals surface area contributed by atoms with Crippen LogP contribution in [0.3, 0.4) is 0 Å². The maximum absolute atomic E-state index is 6.30. The number of rotatable bonds is 4. The monoisotopic (exact) mass is 359 g/mol. The van der Waals surface area contributed by atoms with Crippen LogP contribution in [-0.4, -0.2) is 15.2 Å². The number of hydrogen-bond donors (Lipinski definition) is 2. The van der Waals surface area contributed by atoms with Gasteiger partial charge in [-0.1, -0.05) is 29.3 Å². The zero-order valence-electron chi connectivity index (χ0n) is 13.1. The normalized spacial score (nSPS) is 10.5. The molecule has 24 heavy (non-hydrogen) atoms. The van der Waals surface area contributed by atoms with Gasteiger partial charge in [0.1, 0.15) is 0 Å². The Morgan fingerprint density at radius 1 is 0.958 bits per heavy atom. The summed E-state index contributed by atoms with van der Waals surface area (Å²) < 4.78 is 0. The third kappa shape index (κ3) is 3.93. The summed E-state index contributed by atoms with van der Waals surface area (Å²) in [6.07, 6.45) is 1.55. The zero-order valence-corrected chi connectivity index (χ0v) is 14.7. The van der Waals surface area contributed by atoms with Crippen LogP contribution in [0.15, 0.2) is 42.6 Å². The first kappa shape index (κ1) is 16.5. The van der Waals surface area contributed by atoms with E-state index in [1.807, 2.05) is 38.1 Å². The molecule has 0 amide bonds. The number of aromatic nitrogens is 3. The van der Waals surface area contributed by atoms with Crippen molar-refractivity contribution in [3.05, 3.63) is 63.8 Å². The minimum Gasteiger partial charge on any atom is -0.339 e. The molecule has 0 bridgehead atoms. The highest BCUT2D eigenvalue weighted by atomic mass is 35.5. The lowest BCUT2D eigenvalue weighted by molar-refractivity contribution is 0.981. The van der Waals surface area contributed by atoms with E-state index in [0.717, 1.165) is 22.5 Å². The fraction of sp³-hybridized carbons (Fsp3) is 0.118. The van der Waals surface area contributed by atoms with Crippen molar-refractivity contribution in [3.63, 3.8) is 0 Å². The lowest BCUT2D eigenvalue weighted by Crippen LogP contribution is -2.03. The number of halogens is 2. The third-order valence-electron chi connectivity index (χ3n) is 3.34. The number of benzene rings is 2. The van der Waals surface area contributed by atoms with Gasteiger partial charge in [-0.2, -0.15) is 10.1 Å². The number of hydrogen-bond acceptors (Lipinski definition) is 5. The van der Waals surface area contributed by atoms with Crippen molar-refractivity contribution in [1.29, 1.82) is 0 Å². The Morgan fingerprint density at radius 3 is 2.42 bits per heavy atom. The van der Waals surface area contributed by atoms with E-state index in [1.165, 1.54) is 0 Å². The van der Waals surface area contributed by atoms with Crippen molar-refractivity contribution < 1.29 is 0 Å². The number of anilines is 4. The molecule has 2 aromatic carbocycles. The average molecular weight is 360 g/mol. The molecular formula is C17H15Cl2N5. The van der Waals surface area contributed by atoms with Gasteiger partial charge in [0.05, 0.1) is 16.9 Å². The lowest BCUT2D eigenvalue weighted by Gasteiger charge is -2.12. The molecule has 0 fully saturated rings. The van der Waals surface area contributed by atoms with Crippen molar-refractivity contribution in [2.75, 3.05) is 10.6 Å². The fourth-order valence-corrected chi connectivity index (χ4v) is 2.78. The molecule has 7 heteroatoms. The predicted octanol–water partition coefficient (Wildman–Crippen LogP) is 5.28. The summed E-state index contributed by atoms with van der Waals surface area (Å²) >= 11 is 12.2. The molecule has 0 aliphatic carbocycles. The number of nitrogens with one attached hydrogen (secondary N) is 2. The van der Waals surface area contributed by atoms with E-state index in [-0.39, 0.29) is 0 Å².